The lowest BCUT2D eigenvalue weighted by molar-refractivity contribution is -0.117. The van der Waals surface area contributed by atoms with E-state index in [-0.39, 0.29) is 23.6 Å². The molecule has 23 heavy (non-hydrogen) atoms. The summed E-state index contributed by atoms with van der Waals surface area (Å²) in [6, 6.07) is 11.3. The molecule has 1 heterocycles. The zero-order valence-corrected chi connectivity index (χ0v) is 13.1. The maximum Gasteiger partial charge on any atom is 0.249 e. The molecular weight excluding hydrogens is 319 g/mol. The zero-order chi connectivity index (χ0) is 16.4. The fraction of sp³-hybridized carbons (Fsp3) is 0.235. The summed E-state index contributed by atoms with van der Waals surface area (Å²) in [5.41, 5.74) is 2.06. The number of carbonyl (C=O) groups is 1. The van der Waals surface area contributed by atoms with Gasteiger partial charge in [0.1, 0.15) is 11.9 Å². The number of aliphatic hydroxyl groups is 1. The molecule has 0 spiro atoms. The number of anilines is 2. The van der Waals surface area contributed by atoms with Crippen LogP contribution in [0, 0.1) is 5.82 Å². The Kier molecular flexibility index (Phi) is 4.50. The molecule has 1 atom stereocenters. The van der Waals surface area contributed by atoms with Crippen molar-refractivity contribution in [3.8, 4) is 0 Å². The normalized spacial score (nSPS) is 17.6. The number of aliphatic hydroxyl groups excluding tert-OH is 1. The number of nitrogens with one attached hydrogen (secondary N) is 1. The van der Waals surface area contributed by atoms with Crippen LogP contribution >= 0.6 is 11.6 Å². The number of halogens is 2. The molecule has 1 amide bonds. The van der Waals surface area contributed by atoms with Gasteiger partial charge in [-0.1, -0.05) is 23.7 Å². The highest BCUT2D eigenvalue weighted by molar-refractivity contribution is 6.30. The minimum absolute atomic E-state index is 0.0379. The summed E-state index contributed by atoms with van der Waals surface area (Å²) < 4.78 is 13.6. The summed E-state index contributed by atoms with van der Waals surface area (Å²) >= 11 is 5.68. The molecule has 0 aromatic heterocycles. The molecule has 3 rings (SSSR count). The first-order valence-corrected chi connectivity index (χ1v) is 7.69. The number of nitrogens with zero attached hydrogens (tertiary/aromatic N) is 1. The molecule has 1 aliphatic rings. The second-order valence-corrected chi connectivity index (χ2v) is 5.84. The number of rotatable bonds is 4. The third-order valence-corrected chi connectivity index (χ3v) is 4.18. The summed E-state index contributed by atoms with van der Waals surface area (Å²) in [5, 5.41) is 12.4. The van der Waals surface area contributed by atoms with E-state index < -0.39 is 5.82 Å². The van der Waals surface area contributed by atoms with E-state index in [1.807, 2.05) is 18.2 Å². The van der Waals surface area contributed by atoms with E-state index in [2.05, 4.69) is 5.32 Å². The van der Waals surface area contributed by atoms with Crippen LogP contribution in [0.1, 0.15) is 12.0 Å². The molecular formula is C17H16ClFN2O2. The van der Waals surface area contributed by atoms with E-state index in [4.69, 9.17) is 16.7 Å². The molecule has 1 unspecified atom stereocenters. The summed E-state index contributed by atoms with van der Waals surface area (Å²) in [6.07, 6.45) is 0.617. The van der Waals surface area contributed by atoms with Gasteiger partial charge in [-0.05, 0) is 42.3 Å². The van der Waals surface area contributed by atoms with Gasteiger partial charge in [0, 0.05) is 17.9 Å². The largest absolute Gasteiger partial charge is 0.392 e. The van der Waals surface area contributed by atoms with Crippen molar-refractivity contribution in [2.75, 3.05) is 16.8 Å². The molecule has 2 N–H and O–H groups in total. The summed E-state index contributed by atoms with van der Waals surface area (Å²) in [7, 11) is 0. The average molecular weight is 335 g/mol. The van der Waals surface area contributed by atoms with Gasteiger partial charge in [0.15, 0.2) is 0 Å². The molecule has 0 radical (unpaired) electrons. The van der Waals surface area contributed by atoms with E-state index in [0.717, 1.165) is 11.3 Å². The van der Waals surface area contributed by atoms with Crippen LogP contribution in [-0.4, -0.2) is 23.6 Å². The molecule has 120 valence electrons. The van der Waals surface area contributed by atoms with Crippen LogP contribution in [0.5, 0.6) is 0 Å². The minimum Gasteiger partial charge on any atom is -0.392 e. The highest BCUT2D eigenvalue weighted by Gasteiger charge is 2.32. The maximum absolute atomic E-state index is 13.6. The topological polar surface area (TPSA) is 52.6 Å². The molecule has 2 aromatic rings. The quantitative estimate of drug-likeness (QED) is 0.903. The molecule has 0 bridgehead atoms. The predicted octanol–water partition coefficient (Wildman–Crippen LogP) is 3.19. The van der Waals surface area contributed by atoms with Crippen molar-refractivity contribution >= 4 is 28.9 Å². The maximum atomic E-state index is 13.6. The SMILES string of the molecule is O=C1C(Nc2cccc(CO)c2)CCN1c1ccc(Cl)c(F)c1. The van der Waals surface area contributed by atoms with Crippen LogP contribution in [0.25, 0.3) is 0 Å². The van der Waals surface area contributed by atoms with Crippen LogP contribution in [0.15, 0.2) is 42.5 Å². The van der Waals surface area contributed by atoms with Gasteiger partial charge in [0.2, 0.25) is 5.91 Å². The monoisotopic (exact) mass is 334 g/mol. The standard InChI is InChI=1S/C17H16ClFN2O2/c18-14-5-4-13(9-15(14)19)21-7-6-16(17(21)23)20-12-3-1-2-11(8-12)10-22/h1-5,8-9,16,20,22H,6-7,10H2. The van der Waals surface area contributed by atoms with Crippen molar-refractivity contribution in [3.05, 3.63) is 58.9 Å². The fourth-order valence-corrected chi connectivity index (χ4v) is 2.80. The van der Waals surface area contributed by atoms with Crippen LogP contribution in [0.2, 0.25) is 5.02 Å². The molecule has 0 aliphatic carbocycles. The number of carbonyl (C=O) groups excluding carboxylic acids is 1. The molecule has 1 aliphatic heterocycles. The number of amides is 1. The Labute approximate surface area is 138 Å². The fourth-order valence-electron chi connectivity index (χ4n) is 2.68. The molecule has 4 nitrogen and oxygen atoms in total. The van der Waals surface area contributed by atoms with Gasteiger partial charge in [-0.2, -0.15) is 0 Å². The van der Waals surface area contributed by atoms with Gasteiger partial charge >= 0.3 is 0 Å². The van der Waals surface area contributed by atoms with Crippen LogP contribution in [0.4, 0.5) is 15.8 Å². The third-order valence-electron chi connectivity index (χ3n) is 3.87. The minimum atomic E-state index is -0.538. The van der Waals surface area contributed by atoms with Crippen LogP contribution in [-0.2, 0) is 11.4 Å². The van der Waals surface area contributed by atoms with Crippen molar-refractivity contribution in [2.45, 2.75) is 19.1 Å². The Morgan fingerprint density at radius 3 is 2.87 bits per heavy atom. The Bertz CT molecular complexity index is 738. The van der Waals surface area contributed by atoms with Gasteiger partial charge in [-0.3, -0.25) is 4.79 Å². The Hall–Kier alpha value is -2.11. The average Bonchev–Trinajstić information content (AvgIpc) is 2.91. The Morgan fingerprint density at radius 2 is 2.13 bits per heavy atom. The van der Waals surface area contributed by atoms with Crippen molar-refractivity contribution in [3.63, 3.8) is 0 Å². The molecule has 1 fully saturated rings. The van der Waals surface area contributed by atoms with Crippen LogP contribution in [0.3, 0.4) is 0 Å². The van der Waals surface area contributed by atoms with Gasteiger partial charge < -0.3 is 15.3 Å². The highest BCUT2D eigenvalue weighted by atomic mass is 35.5. The van der Waals surface area contributed by atoms with Crippen molar-refractivity contribution in [2.24, 2.45) is 0 Å². The van der Waals surface area contributed by atoms with Crippen molar-refractivity contribution < 1.29 is 14.3 Å². The molecule has 0 saturated carbocycles. The lowest BCUT2D eigenvalue weighted by Crippen LogP contribution is -2.33. The van der Waals surface area contributed by atoms with Gasteiger partial charge in [0.05, 0.1) is 11.6 Å². The predicted molar refractivity (Wildman–Crippen MR) is 88.2 cm³/mol. The van der Waals surface area contributed by atoms with Gasteiger partial charge in [0.25, 0.3) is 0 Å². The Balaban J connectivity index is 1.74. The molecule has 6 heteroatoms. The lowest BCUT2D eigenvalue weighted by Gasteiger charge is -2.18. The van der Waals surface area contributed by atoms with E-state index in [9.17, 15) is 9.18 Å². The molecule has 1 saturated heterocycles. The van der Waals surface area contributed by atoms with E-state index in [0.29, 0.717) is 18.7 Å². The third kappa shape index (κ3) is 3.30. The van der Waals surface area contributed by atoms with E-state index >= 15 is 0 Å². The van der Waals surface area contributed by atoms with Crippen molar-refractivity contribution in [1.82, 2.24) is 0 Å². The summed E-state index contributed by atoms with van der Waals surface area (Å²) in [4.78, 5) is 14.1. The molecule has 2 aromatic carbocycles. The lowest BCUT2D eigenvalue weighted by atomic mass is 10.2. The highest BCUT2D eigenvalue weighted by Crippen LogP contribution is 2.27. The van der Waals surface area contributed by atoms with Gasteiger partial charge in [-0.25, -0.2) is 4.39 Å². The summed E-state index contributed by atoms with van der Waals surface area (Å²) in [5.74, 6) is -0.648. The Morgan fingerprint density at radius 1 is 1.30 bits per heavy atom. The van der Waals surface area contributed by atoms with Crippen molar-refractivity contribution in [1.29, 1.82) is 0 Å². The first-order valence-electron chi connectivity index (χ1n) is 7.31. The second kappa shape index (κ2) is 6.56. The van der Waals surface area contributed by atoms with E-state index in [1.54, 1.807) is 17.0 Å². The smallest absolute Gasteiger partial charge is 0.249 e. The van der Waals surface area contributed by atoms with E-state index in [1.165, 1.54) is 12.1 Å². The zero-order valence-electron chi connectivity index (χ0n) is 12.3. The number of hydrogen-bond donors (Lipinski definition) is 2. The first kappa shape index (κ1) is 15.8. The van der Waals surface area contributed by atoms with Crippen LogP contribution < -0.4 is 10.2 Å². The number of benzene rings is 2. The second-order valence-electron chi connectivity index (χ2n) is 5.43. The van der Waals surface area contributed by atoms with Gasteiger partial charge in [-0.15, -0.1) is 0 Å². The summed E-state index contributed by atoms with van der Waals surface area (Å²) in [6.45, 7) is 0.460. The first-order chi connectivity index (χ1) is 11.1. The number of hydrogen-bond acceptors (Lipinski definition) is 3.